The highest BCUT2D eigenvalue weighted by atomic mass is 32.1. The largest absolute Gasteiger partial charge is 0.493 e. The first-order valence-corrected chi connectivity index (χ1v) is 11.9. The van der Waals surface area contributed by atoms with Crippen molar-refractivity contribution >= 4 is 23.4 Å². The fourth-order valence-corrected chi connectivity index (χ4v) is 4.99. The molecule has 7 nitrogen and oxygen atoms in total. The van der Waals surface area contributed by atoms with Crippen molar-refractivity contribution in [2.45, 2.75) is 26.8 Å². The molecule has 4 rings (SSSR count). The molecule has 0 radical (unpaired) electrons. The third-order valence-electron chi connectivity index (χ3n) is 5.42. The van der Waals surface area contributed by atoms with Crippen LogP contribution in [-0.4, -0.2) is 30.9 Å². The summed E-state index contributed by atoms with van der Waals surface area (Å²) in [5, 5.41) is 0. The maximum Gasteiger partial charge on any atom is 0.338 e. The number of esters is 1. The topological polar surface area (TPSA) is 79.1 Å². The highest BCUT2D eigenvalue weighted by molar-refractivity contribution is 7.07. The molecule has 0 amide bonds. The predicted molar refractivity (Wildman–Crippen MR) is 131 cm³/mol. The summed E-state index contributed by atoms with van der Waals surface area (Å²) in [5.74, 6) is 0.604. The Hall–Kier alpha value is -3.65. The van der Waals surface area contributed by atoms with E-state index in [2.05, 4.69) is 4.99 Å². The van der Waals surface area contributed by atoms with Gasteiger partial charge in [0.25, 0.3) is 5.56 Å². The molecule has 176 valence electrons. The molecule has 1 aliphatic heterocycles. The molecule has 2 heterocycles. The second kappa shape index (κ2) is 10.1. The van der Waals surface area contributed by atoms with E-state index in [0.29, 0.717) is 44.3 Å². The number of carbonyl (C=O) groups excluding carboxylic acids is 1. The predicted octanol–water partition coefficient (Wildman–Crippen LogP) is 3.21. The minimum Gasteiger partial charge on any atom is -0.493 e. The van der Waals surface area contributed by atoms with E-state index in [1.807, 2.05) is 49.4 Å². The molecule has 3 aromatic rings. The van der Waals surface area contributed by atoms with Crippen LogP contribution in [0.3, 0.4) is 0 Å². The first-order valence-electron chi connectivity index (χ1n) is 11.0. The number of ether oxygens (including phenoxy) is 3. The summed E-state index contributed by atoms with van der Waals surface area (Å²) in [7, 11) is 1.57. The standard InChI is InChI=1S/C26H26N2O5S/c1-5-32-20-15-18(12-13-19(20)31-4)23-22(25(30)33-6-2)16(3)27-26-28(23)24(29)21(34-26)14-17-10-8-7-9-11-17/h7-15,23H,5-6H2,1-4H3. The third kappa shape index (κ3) is 4.41. The Kier molecular flexibility index (Phi) is 6.98. The smallest absolute Gasteiger partial charge is 0.338 e. The van der Waals surface area contributed by atoms with Gasteiger partial charge in [0, 0.05) is 0 Å². The minimum atomic E-state index is -0.710. The van der Waals surface area contributed by atoms with E-state index in [4.69, 9.17) is 14.2 Å². The van der Waals surface area contributed by atoms with Crippen LogP contribution in [0.4, 0.5) is 0 Å². The van der Waals surface area contributed by atoms with Crippen molar-refractivity contribution in [3.05, 3.63) is 90.6 Å². The maximum absolute atomic E-state index is 13.6. The van der Waals surface area contributed by atoms with Gasteiger partial charge in [-0.1, -0.05) is 47.7 Å². The lowest BCUT2D eigenvalue weighted by molar-refractivity contribution is -0.139. The molecule has 1 atom stereocenters. The quantitative estimate of drug-likeness (QED) is 0.488. The van der Waals surface area contributed by atoms with Crippen molar-refractivity contribution < 1.29 is 19.0 Å². The molecule has 0 saturated heterocycles. The summed E-state index contributed by atoms with van der Waals surface area (Å²) in [6.45, 7) is 6.05. The number of methoxy groups -OCH3 is 1. The summed E-state index contributed by atoms with van der Waals surface area (Å²) in [4.78, 5) is 31.8. The zero-order valence-electron chi connectivity index (χ0n) is 19.5. The fraction of sp³-hybridized carbons (Fsp3) is 0.269. The second-order valence-corrected chi connectivity index (χ2v) is 8.57. The van der Waals surface area contributed by atoms with Gasteiger partial charge < -0.3 is 14.2 Å². The van der Waals surface area contributed by atoms with Gasteiger partial charge in [0.2, 0.25) is 0 Å². The average molecular weight is 479 g/mol. The molecule has 0 spiro atoms. The van der Waals surface area contributed by atoms with Gasteiger partial charge in [-0.15, -0.1) is 0 Å². The van der Waals surface area contributed by atoms with Crippen LogP contribution in [0.1, 0.15) is 37.9 Å². The van der Waals surface area contributed by atoms with Gasteiger partial charge in [-0.3, -0.25) is 9.36 Å². The van der Waals surface area contributed by atoms with Crippen molar-refractivity contribution in [3.8, 4) is 11.5 Å². The number of benzene rings is 2. The summed E-state index contributed by atoms with van der Waals surface area (Å²) in [6, 6.07) is 14.3. The summed E-state index contributed by atoms with van der Waals surface area (Å²) in [5.41, 5.74) is 2.24. The number of rotatable bonds is 7. The van der Waals surface area contributed by atoms with E-state index in [9.17, 15) is 9.59 Å². The van der Waals surface area contributed by atoms with Crippen molar-refractivity contribution in [1.29, 1.82) is 0 Å². The van der Waals surface area contributed by atoms with Gasteiger partial charge in [-0.2, -0.15) is 0 Å². The minimum absolute atomic E-state index is 0.216. The normalized spacial score (nSPS) is 15.5. The first kappa shape index (κ1) is 23.5. The molecule has 0 N–H and O–H groups in total. The zero-order valence-corrected chi connectivity index (χ0v) is 20.3. The Morgan fingerprint density at radius 2 is 1.88 bits per heavy atom. The number of nitrogens with zero attached hydrogens (tertiary/aromatic N) is 2. The molecule has 0 bridgehead atoms. The molecule has 0 aliphatic carbocycles. The molecular weight excluding hydrogens is 452 g/mol. The summed E-state index contributed by atoms with van der Waals surface area (Å²) >= 11 is 1.29. The number of hydrogen-bond donors (Lipinski definition) is 0. The zero-order chi connectivity index (χ0) is 24.2. The number of hydrogen-bond acceptors (Lipinski definition) is 7. The number of carbonyl (C=O) groups is 1. The van der Waals surface area contributed by atoms with Gasteiger partial charge in [-0.25, -0.2) is 9.79 Å². The van der Waals surface area contributed by atoms with Gasteiger partial charge in [0.1, 0.15) is 0 Å². The Bertz CT molecular complexity index is 1420. The number of allylic oxidation sites excluding steroid dienone is 1. The molecule has 34 heavy (non-hydrogen) atoms. The van der Waals surface area contributed by atoms with Crippen LogP contribution >= 0.6 is 11.3 Å². The van der Waals surface area contributed by atoms with Gasteiger partial charge in [-0.05, 0) is 50.1 Å². The summed E-state index contributed by atoms with van der Waals surface area (Å²) < 4.78 is 18.6. The number of thiazole rings is 1. The van der Waals surface area contributed by atoms with E-state index in [1.54, 1.807) is 37.7 Å². The average Bonchev–Trinajstić information content (AvgIpc) is 3.13. The van der Waals surface area contributed by atoms with E-state index in [-0.39, 0.29) is 12.2 Å². The fourth-order valence-electron chi connectivity index (χ4n) is 3.94. The van der Waals surface area contributed by atoms with Crippen LogP contribution in [-0.2, 0) is 9.53 Å². The van der Waals surface area contributed by atoms with E-state index >= 15 is 0 Å². The molecule has 0 fully saturated rings. The maximum atomic E-state index is 13.6. The SMILES string of the molecule is CCOC(=O)C1=C(C)N=c2sc(=Cc3ccccc3)c(=O)n2C1c1ccc(OC)c(OCC)c1. The van der Waals surface area contributed by atoms with Crippen LogP contribution in [0.15, 0.2) is 69.6 Å². The molecule has 1 aliphatic rings. The number of aromatic nitrogens is 1. The van der Waals surface area contributed by atoms with E-state index in [0.717, 1.165) is 5.56 Å². The van der Waals surface area contributed by atoms with Crippen LogP contribution < -0.4 is 24.4 Å². The lowest BCUT2D eigenvalue weighted by Crippen LogP contribution is -2.40. The van der Waals surface area contributed by atoms with Gasteiger partial charge >= 0.3 is 5.97 Å². The Labute approximate surface area is 201 Å². The molecule has 0 saturated carbocycles. The Balaban J connectivity index is 1.97. The van der Waals surface area contributed by atoms with E-state index < -0.39 is 12.0 Å². The monoisotopic (exact) mass is 478 g/mol. The van der Waals surface area contributed by atoms with Crippen LogP contribution in [0, 0.1) is 0 Å². The van der Waals surface area contributed by atoms with Gasteiger partial charge in [0.15, 0.2) is 16.3 Å². The van der Waals surface area contributed by atoms with Crippen LogP contribution in [0.5, 0.6) is 11.5 Å². The van der Waals surface area contributed by atoms with Crippen LogP contribution in [0.2, 0.25) is 0 Å². The number of fused-ring (bicyclic) bond motifs is 1. The van der Waals surface area contributed by atoms with Gasteiger partial charge in [0.05, 0.1) is 42.2 Å². The lowest BCUT2D eigenvalue weighted by atomic mass is 9.95. The lowest BCUT2D eigenvalue weighted by Gasteiger charge is -2.25. The Morgan fingerprint density at radius 3 is 2.56 bits per heavy atom. The first-order chi connectivity index (χ1) is 16.5. The van der Waals surface area contributed by atoms with Crippen LogP contribution in [0.25, 0.3) is 6.08 Å². The molecule has 1 unspecified atom stereocenters. The van der Waals surface area contributed by atoms with E-state index in [1.165, 1.54) is 11.3 Å². The third-order valence-corrected chi connectivity index (χ3v) is 6.40. The van der Waals surface area contributed by atoms with Crippen molar-refractivity contribution in [2.75, 3.05) is 20.3 Å². The van der Waals surface area contributed by atoms with Crippen molar-refractivity contribution in [3.63, 3.8) is 0 Å². The molecule has 8 heteroatoms. The summed E-state index contributed by atoms with van der Waals surface area (Å²) in [6.07, 6.45) is 1.84. The molecule has 2 aromatic carbocycles. The second-order valence-electron chi connectivity index (χ2n) is 7.56. The van der Waals surface area contributed by atoms with Crippen molar-refractivity contribution in [2.24, 2.45) is 4.99 Å². The molecular formula is C26H26N2O5S. The highest BCUT2D eigenvalue weighted by Crippen LogP contribution is 2.36. The highest BCUT2D eigenvalue weighted by Gasteiger charge is 2.33. The van der Waals surface area contributed by atoms with Crippen molar-refractivity contribution in [1.82, 2.24) is 4.57 Å². The Morgan fingerprint density at radius 1 is 1.12 bits per heavy atom. The molecule has 1 aromatic heterocycles.